The fraction of sp³-hybridized carbons (Fsp3) is 0.304. The number of fused-ring (bicyclic) bond motifs is 1. The van der Waals surface area contributed by atoms with Crippen molar-refractivity contribution in [2.24, 2.45) is 5.73 Å². The summed E-state index contributed by atoms with van der Waals surface area (Å²) in [4.78, 5) is 15.1. The second kappa shape index (κ2) is 8.57. The van der Waals surface area contributed by atoms with Crippen LogP contribution in [-0.2, 0) is 19.3 Å². The molecule has 1 aliphatic rings. The Morgan fingerprint density at radius 2 is 1.83 bits per heavy atom. The van der Waals surface area contributed by atoms with Gasteiger partial charge in [-0.3, -0.25) is 4.79 Å². The van der Waals surface area contributed by atoms with E-state index in [2.05, 4.69) is 17.2 Å². The number of rotatable bonds is 7. The molecule has 150 valence electrons. The molecule has 3 aromatic rings. The maximum absolute atomic E-state index is 14.4. The number of aromatic nitrogens is 2. The fourth-order valence-corrected chi connectivity index (χ4v) is 3.96. The van der Waals surface area contributed by atoms with Crippen LogP contribution in [0.1, 0.15) is 33.7 Å². The number of halogens is 1. The molecule has 1 aromatic heterocycles. The van der Waals surface area contributed by atoms with E-state index in [4.69, 9.17) is 5.73 Å². The van der Waals surface area contributed by atoms with Gasteiger partial charge in [-0.25, -0.2) is 9.07 Å². The SMILES string of the molecule is NCCN(CCc1ccccc1)C(=O)c1nn(-c2ccccc2F)c2c1CCC2. The lowest BCUT2D eigenvalue weighted by molar-refractivity contribution is 0.0754. The molecular weight excluding hydrogens is 367 g/mol. The lowest BCUT2D eigenvalue weighted by atomic mass is 10.1. The van der Waals surface area contributed by atoms with Crippen LogP contribution in [0.25, 0.3) is 5.69 Å². The average molecular weight is 392 g/mol. The topological polar surface area (TPSA) is 64.2 Å². The molecule has 0 radical (unpaired) electrons. The van der Waals surface area contributed by atoms with Gasteiger partial charge in [-0.05, 0) is 43.4 Å². The van der Waals surface area contributed by atoms with Crippen LogP contribution in [0, 0.1) is 5.82 Å². The molecule has 2 N–H and O–H groups in total. The van der Waals surface area contributed by atoms with Gasteiger partial charge in [-0.1, -0.05) is 42.5 Å². The summed E-state index contributed by atoms with van der Waals surface area (Å²) in [6.07, 6.45) is 3.29. The molecule has 0 fully saturated rings. The van der Waals surface area contributed by atoms with E-state index < -0.39 is 0 Å². The van der Waals surface area contributed by atoms with E-state index in [1.165, 1.54) is 11.6 Å². The van der Waals surface area contributed by atoms with Gasteiger partial charge >= 0.3 is 0 Å². The Kier molecular flexibility index (Phi) is 5.71. The van der Waals surface area contributed by atoms with Gasteiger partial charge in [-0.2, -0.15) is 5.10 Å². The third kappa shape index (κ3) is 3.93. The Labute approximate surface area is 169 Å². The Balaban J connectivity index is 1.63. The van der Waals surface area contributed by atoms with Crippen molar-refractivity contribution in [1.29, 1.82) is 0 Å². The summed E-state index contributed by atoms with van der Waals surface area (Å²) in [6, 6.07) is 16.6. The summed E-state index contributed by atoms with van der Waals surface area (Å²) in [5.41, 5.74) is 9.65. The van der Waals surface area contributed by atoms with Crippen molar-refractivity contribution >= 4 is 5.91 Å². The highest BCUT2D eigenvalue weighted by atomic mass is 19.1. The van der Waals surface area contributed by atoms with Gasteiger partial charge in [0, 0.05) is 30.9 Å². The number of nitrogens with zero attached hydrogens (tertiary/aromatic N) is 3. The van der Waals surface area contributed by atoms with E-state index in [0.29, 0.717) is 31.0 Å². The fourth-order valence-electron chi connectivity index (χ4n) is 3.96. The van der Waals surface area contributed by atoms with Crippen LogP contribution in [0.5, 0.6) is 0 Å². The highest BCUT2D eigenvalue weighted by molar-refractivity contribution is 5.94. The molecule has 0 aliphatic heterocycles. The highest BCUT2D eigenvalue weighted by Gasteiger charge is 2.30. The zero-order chi connectivity index (χ0) is 20.2. The van der Waals surface area contributed by atoms with Crippen molar-refractivity contribution in [1.82, 2.24) is 14.7 Å². The van der Waals surface area contributed by atoms with E-state index in [0.717, 1.165) is 36.9 Å². The minimum absolute atomic E-state index is 0.125. The molecule has 0 bridgehead atoms. The zero-order valence-corrected chi connectivity index (χ0v) is 16.4. The van der Waals surface area contributed by atoms with Gasteiger partial charge < -0.3 is 10.6 Å². The second-order valence-electron chi connectivity index (χ2n) is 7.31. The summed E-state index contributed by atoms with van der Waals surface area (Å²) in [5.74, 6) is -0.466. The standard InChI is InChI=1S/C23H25FN4O/c24-19-10-4-5-11-21(19)28-20-12-6-9-18(20)22(26-28)23(29)27(16-14-25)15-13-17-7-2-1-3-8-17/h1-5,7-8,10-11H,6,9,12-16,25H2. The van der Waals surface area contributed by atoms with Crippen LogP contribution in [0.4, 0.5) is 4.39 Å². The first-order valence-corrected chi connectivity index (χ1v) is 10.1. The lowest BCUT2D eigenvalue weighted by Crippen LogP contribution is -2.37. The Hall–Kier alpha value is -2.99. The molecule has 0 spiro atoms. The van der Waals surface area contributed by atoms with Gasteiger partial charge in [0.2, 0.25) is 0 Å². The van der Waals surface area contributed by atoms with Crippen LogP contribution >= 0.6 is 0 Å². The van der Waals surface area contributed by atoms with Crippen molar-refractivity contribution in [2.45, 2.75) is 25.7 Å². The highest BCUT2D eigenvalue weighted by Crippen LogP contribution is 2.29. The quantitative estimate of drug-likeness (QED) is 0.672. The zero-order valence-electron chi connectivity index (χ0n) is 16.4. The molecule has 1 heterocycles. The van der Waals surface area contributed by atoms with E-state index >= 15 is 0 Å². The molecule has 0 unspecified atom stereocenters. The van der Waals surface area contributed by atoms with Crippen molar-refractivity contribution in [3.05, 3.63) is 82.9 Å². The lowest BCUT2D eigenvalue weighted by Gasteiger charge is -2.21. The van der Waals surface area contributed by atoms with Crippen LogP contribution in [0.3, 0.4) is 0 Å². The van der Waals surface area contributed by atoms with Gasteiger partial charge in [0.1, 0.15) is 11.5 Å². The van der Waals surface area contributed by atoms with E-state index in [1.54, 1.807) is 27.8 Å². The summed E-state index contributed by atoms with van der Waals surface area (Å²) >= 11 is 0. The Bertz CT molecular complexity index is 999. The normalized spacial score (nSPS) is 12.8. The number of hydrogen-bond acceptors (Lipinski definition) is 3. The molecule has 4 rings (SSSR count). The van der Waals surface area contributed by atoms with Gasteiger partial charge in [0.15, 0.2) is 5.69 Å². The molecule has 2 aromatic carbocycles. The summed E-state index contributed by atoms with van der Waals surface area (Å²) in [5, 5.41) is 4.57. The molecule has 6 heteroatoms. The third-order valence-corrected chi connectivity index (χ3v) is 5.41. The predicted octanol–water partition coefficient (Wildman–Crippen LogP) is 3.14. The van der Waals surface area contributed by atoms with Crippen LogP contribution in [0.15, 0.2) is 54.6 Å². The Morgan fingerprint density at radius 3 is 2.59 bits per heavy atom. The van der Waals surface area contributed by atoms with Crippen molar-refractivity contribution in [3.8, 4) is 5.69 Å². The van der Waals surface area contributed by atoms with E-state index in [-0.39, 0.29) is 11.7 Å². The van der Waals surface area contributed by atoms with Crippen LogP contribution < -0.4 is 5.73 Å². The summed E-state index contributed by atoms with van der Waals surface area (Å²) in [6.45, 7) is 1.42. The molecule has 5 nitrogen and oxygen atoms in total. The summed E-state index contributed by atoms with van der Waals surface area (Å²) < 4.78 is 16.0. The first kappa shape index (κ1) is 19.3. The second-order valence-corrected chi connectivity index (χ2v) is 7.31. The van der Waals surface area contributed by atoms with E-state index in [1.807, 2.05) is 18.2 Å². The minimum atomic E-state index is -0.341. The number of para-hydroxylation sites is 1. The molecule has 1 amide bonds. The number of benzene rings is 2. The number of carbonyl (C=O) groups excluding carboxylic acids is 1. The number of hydrogen-bond donors (Lipinski definition) is 1. The Morgan fingerprint density at radius 1 is 1.07 bits per heavy atom. The average Bonchev–Trinajstić information content (AvgIpc) is 3.35. The first-order chi connectivity index (χ1) is 14.2. The number of amides is 1. The molecule has 0 atom stereocenters. The molecule has 0 saturated heterocycles. The molecular formula is C23H25FN4O. The van der Waals surface area contributed by atoms with Gasteiger partial charge in [0.05, 0.1) is 0 Å². The monoisotopic (exact) mass is 392 g/mol. The van der Waals surface area contributed by atoms with E-state index in [9.17, 15) is 9.18 Å². The minimum Gasteiger partial charge on any atom is -0.336 e. The maximum Gasteiger partial charge on any atom is 0.274 e. The van der Waals surface area contributed by atoms with Crippen molar-refractivity contribution in [2.75, 3.05) is 19.6 Å². The number of nitrogens with two attached hydrogens (primary N) is 1. The van der Waals surface area contributed by atoms with Crippen LogP contribution in [-0.4, -0.2) is 40.2 Å². The molecule has 29 heavy (non-hydrogen) atoms. The predicted molar refractivity (Wildman–Crippen MR) is 111 cm³/mol. The molecule has 0 saturated carbocycles. The third-order valence-electron chi connectivity index (χ3n) is 5.41. The maximum atomic E-state index is 14.4. The number of carbonyl (C=O) groups is 1. The summed E-state index contributed by atoms with van der Waals surface area (Å²) in [7, 11) is 0. The van der Waals surface area contributed by atoms with Crippen molar-refractivity contribution in [3.63, 3.8) is 0 Å². The van der Waals surface area contributed by atoms with Crippen LogP contribution in [0.2, 0.25) is 0 Å². The van der Waals surface area contributed by atoms with Gasteiger partial charge in [-0.15, -0.1) is 0 Å². The van der Waals surface area contributed by atoms with Crippen molar-refractivity contribution < 1.29 is 9.18 Å². The van der Waals surface area contributed by atoms with Gasteiger partial charge in [0.25, 0.3) is 5.91 Å². The largest absolute Gasteiger partial charge is 0.336 e. The smallest absolute Gasteiger partial charge is 0.274 e. The molecule has 1 aliphatic carbocycles. The first-order valence-electron chi connectivity index (χ1n) is 10.1.